The van der Waals surface area contributed by atoms with Crippen molar-refractivity contribution in [1.29, 1.82) is 0 Å². The molecule has 1 atom stereocenters. The second-order valence-electron chi connectivity index (χ2n) is 6.53. The lowest BCUT2D eigenvalue weighted by molar-refractivity contribution is -0.171. The van der Waals surface area contributed by atoms with E-state index in [0.29, 0.717) is 18.9 Å². The average molecular weight is 280 g/mol. The summed E-state index contributed by atoms with van der Waals surface area (Å²) in [6.07, 6.45) is 4.55. The van der Waals surface area contributed by atoms with Crippen LogP contribution in [-0.2, 0) is 14.4 Å². The summed E-state index contributed by atoms with van der Waals surface area (Å²) in [5.74, 6) is 0.319. The topological polar surface area (TPSA) is 80.5 Å². The maximum absolute atomic E-state index is 12.5. The Morgan fingerprint density at radius 2 is 2.00 bits per heavy atom. The van der Waals surface area contributed by atoms with Crippen LogP contribution in [0.15, 0.2) is 0 Å². The number of nitrogens with two attached hydrogens (primary N) is 1. The largest absolute Gasteiger partial charge is 0.370 e. The lowest BCUT2D eigenvalue weighted by atomic mass is 9.65. The van der Waals surface area contributed by atoms with E-state index < -0.39 is 11.9 Å². The van der Waals surface area contributed by atoms with E-state index in [1.165, 1.54) is 6.92 Å². The molecule has 1 saturated heterocycles. The van der Waals surface area contributed by atoms with Crippen LogP contribution in [0.5, 0.6) is 0 Å². The van der Waals surface area contributed by atoms with Gasteiger partial charge in [-0.15, -0.1) is 0 Å². The van der Waals surface area contributed by atoms with Crippen molar-refractivity contribution in [3.63, 3.8) is 0 Å². The highest BCUT2D eigenvalue weighted by Gasteiger charge is 2.55. The SMILES string of the molecule is CC(=O)C(CCC(N)=O)N1CC2(CCC(C)CC2)C1=O. The summed E-state index contributed by atoms with van der Waals surface area (Å²) in [6, 6.07) is -0.472. The fourth-order valence-corrected chi connectivity index (χ4v) is 3.47. The van der Waals surface area contributed by atoms with Crippen molar-refractivity contribution < 1.29 is 14.4 Å². The molecule has 20 heavy (non-hydrogen) atoms. The van der Waals surface area contributed by atoms with Crippen LogP contribution in [0.25, 0.3) is 0 Å². The van der Waals surface area contributed by atoms with Gasteiger partial charge in [-0.3, -0.25) is 14.4 Å². The number of β-lactam (4-membered cyclic amide) rings is 1. The molecule has 0 bridgehead atoms. The molecule has 1 saturated carbocycles. The molecule has 0 aromatic rings. The number of rotatable bonds is 5. The van der Waals surface area contributed by atoms with Gasteiger partial charge in [0.15, 0.2) is 5.78 Å². The van der Waals surface area contributed by atoms with Gasteiger partial charge in [0.1, 0.15) is 0 Å². The van der Waals surface area contributed by atoms with Crippen LogP contribution in [0.2, 0.25) is 0 Å². The van der Waals surface area contributed by atoms with Crippen LogP contribution in [0, 0.1) is 11.3 Å². The zero-order valence-corrected chi connectivity index (χ0v) is 12.4. The van der Waals surface area contributed by atoms with Crippen LogP contribution < -0.4 is 5.73 Å². The van der Waals surface area contributed by atoms with Crippen molar-refractivity contribution in [3.8, 4) is 0 Å². The van der Waals surface area contributed by atoms with Gasteiger partial charge < -0.3 is 10.6 Å². The Morgan fingerprint density at radius 1 is 1.40 bits per heavy atom. The molecule has 1 aliphatic carbocycles. The molecule has 2 fully saturated rings. The van der Waals surface area contributed by atoms with Gasteiger partial charge in [0.25, 0.3) is 0 Å². The van der Waals surface area contributed by atoms with Crippen LogP contribution in [0.3, 0.4) is 0 Å². The molecular formula is C15H24N2O3. The van der Waals surface area contributed by atoms with Gasteiger partial charge in [-0.2, -0.15) is 0 Å². The molecule has 1 aliphatic heterocycles. The maximum atomic E-state index is 12.5. The summed E-state index contributed by atoms with van der Waals surface area (Å²) in [5.41, 5.74) is 4.92. The normalized spacial score (nSPS) is 31.0. The third-order valence-corrected chi connectivity index (χ3v) is 4.93. The second-order valence-corrected chi connectivity index (χ2v) is 6.53. The Hall–Kier alpha value is -1.39. The highest BCUT2D eigenvalue weighted by atomic mass is 16.2. The summed E-state index contributed by atoms with van der Waals surface area (Å²) >= 11 is 0. The number of primary amides is 1. The lowest BCUT2D eigenvalue weighted by Crippen LogP contribution is -2.66. The minimum absolute atomic E-state index is 0.0568. The van der Waals surface area contributed by atoms with Crippen LogP contribution in [0.1, 0.15) is 52.4 Å². The number of nitrogens with zero attached hydrogens (tertiary/aromatic N) is 1. The zero-order valence-electron chi connectivity index (χ0n) is 12.4. The molecule has 1 heterocycles. The fourth-order valence-electron chi connectivity index (χ4n) is 3.47. The molecule has 2 amide bonds. The van der Waals surface area contributed by atoms with E-state index in [1.54, 1.807) is 4.90 Å². The number of amides is 2. The quantitative estimate of drug-likeness (QED) is 0.770. The highest BCUT2D eigenvalue weighted by Crippen LogP contribution is 2.47. The van der Waals surface area contributed by atoms with Crippen molar-refractivity contribution in [2.24, 2.45) is 17.1 Å². The summed E-state index contributed by atoms with van der Waals surface area (Å²) in [4.78, 5) is 36.7. The van der Waals surface area contributed by atoms with Gasteiger partial charge >= 0.3 is 0 Å². The van der Waals surface area contributed by atoms with Gasteiger partial charge in [-0.1, -0.05) is 6.92 Å². The molecule has 0 radical (unpaired) electrons. The molecule has 2 N–H and O–H groups in total. The molecule has 0 aromatic carbocycles. The summed E-state index contributed by atoms with van der Waals surface area (Å²) in [5, 5.41) is 0. The zero-order chi connectivity index (χ0) is 14.9. The molecular weight excluding hydrogens is 256 g/mol. The average Bonchev–Trinajstić information content (AvgIpc) is 2.39. The monoisotopic (exact) mass is 280 g/mol. The van der Waals surface area contributed by atoms with Gasteiger partial charge in [0, 0.05) is 13.0 Å². The predicted molar refractivity (Wildman–Crippen MR) is 74.7 cm³/mol. The number of hydrogen-bond donors (Lipinski definition) is 1. The Kier molecular flexibility index (Phi) is 4.16. The molecule has 2 aliphatic rings. The van der Waals surface area contributed by atoms with Crippen molar-refractivity contribution >= 4 is 17.6 Å². The van der Waals surface area contributed by atoms with Crippen LogP contribution in [0.4, 0.5) is 0 Å². The lowest BCUT2D eigenvalue weighted by Gasteiger charge is -2.54. The van der Waals surface area contributed by atoms with Crippen molar-refractivity contribution in [2.45, 2.75) is 58.4 Å². The molecule has 1 unspecified atom stereocenters. The van der Waals surface area contributed by atoms with Gasteiger partial charge in [-0.05, 0) is 44.9 Å². The van der Waals surface area contributed by atoms with Crippen LogP contribution in [-0.4, -0.2) is 35.1 Å². The number of carbonyl (C=O) groups is 3. The van der Waals surface area contributed by atoms with E-state index in [9.17, 15) is 14.4 Å². The van der Waals surface area contributed by atoms with E-state index in [4.69, 9.17) is 5.73 Å². The number of likely N-dealkylation sites (tertiary alicyclic amines) is 1. The number of carbonyl (C=O) groups excluding carboxylic acids is 3. The molecule has 5 nitrogen and oxygen atoms in total. The Balaban J connectivity index is 1.98. The minimum Gasteiger partial charge on any atom is -0.370 e. The van der Waals surface area contributed by atoms with E-state index in [0.717, 1.165) is 25.7 Å². The smallest absolute Gasteiger partial charge is 0.231 e. The Morgan fingerprint density at radius 3 is 2.45 bits per heavy atom. The molecule has 5 heteroatoms. The Bertz CT molecular complexity index is 425. The van der Waals surface area contributed by atoms with E-state index in [-0.39, 0.29) is 23.5 Å². The molecule has 0 aromatic heterocycles. The minimum atomic E-state index is -0.472. The third kappa shape index (κ3) is 2.72. The summed E-state index contributed by atoms with van der Waals surface area (Å²) < 4.78 is 0. The molecule has 112 valence electrons. The van der Waals surface area contributed by atoms with Crippen molar-refractivity contribution in [3.05, 3.63) is 0 Å². The summed E-state index contributed by atoms with van der Waals surface area (Å²) in [6.45, 7) is 4.37. The standard InChI is InChI=1S/C15H24N2O3/c1-10-5-7-15(8-6-10)9-17(14(15)20)12(11(2)18)3-4-13(16)19/h10,12H,3-9H2,1-2H3,(H2,16,19). The van der Waals surface area contributed by atoms with Crippen molar-refractivity contribution in [1.82, 2.24) is 4.90 Å². The summed E-state index contributed by atoms with van der Waals surface area (Å²) in [7, 11) is 0. The van der Waals surface area contributed by atoms with Gasteiger partial charge in [-0.25, -0.2) is 0 Å². The number of ketones is 1. The van der Waals surface area contributed by atoms with E-state index >= 15 is 0 Å². The molecule has 1 spiro atoms. The number of Topliss-reactive ketones (excluding diaryl/α,β-unsaturated/α-hetero) is 1. The first kappa shape index (κ1) is 15.0. The first-order valence-corrected chi connectivity index (χ1v) is 7.45. The predicted octanol–water partition coefficient (Wildman–Crippen LogP) is 1.25. The van der Waals surface area contributed by atoms with E-state index in [1.807, 2.05) is 0 Å². The number of hydrogen-bond acceptors (Lipinski definition) is 3. The highest BCUT2D eigenvalue weighted by molar-refractivity contribution is 5.94. The first-order chi connectivity index (χ1) is 9.35. The maximum Gasteiger partial charge on any atom is 0.231 e. The Labute approximate surface area is 119 Å². The van der Waals surface area contributed by atoms with Gasteiger partial charge in [0.2, 0.25) is 11.8 Å². The third-order valence-electron chi connectivity index (χ3n) is 4.93. The van der Waals surface area contributed by atoms with Crippen LogP contribution >= 0.6 is 0 Å². The van der Waals surface area contributed by atoms with E-state index in [2.05, 4.69) is 6.92 Å². The second kappa shape index (κ2) is 5.54. The fraction of sp³-hybridized carbons (Fsp3) is 0.800. The molecule has 2 rings (SSSR count). The first-order valence-electron chi connectivity index (χ1n) is 7.45. The van der Waals surface area contributed by atoms with Crippen molar-refractivity contribution in [2.75, 3.05) is 6.54 Å². The van der Waals surface area contributed by atoms with Gasteiger partial charge in [0.05, 0.1) is 11.5 Å².